The van der Waals surface area contributed by atoms with Crippen LogP contribution in [0.3, 0.4) is 0 Å². The molecule has 0 bridgehead atoms. The highest BCUT2D eigenvalue weighted by Crippen LogP contribution is 2.20. The van der Waals surface area contributed by atoms with Crippen LogP contribution in [0.25, 0.3) is 0 Å². The first-order valence-corrected chi connectivity index (χ1v) is 11.6. The molecule has 2 aromatic rings. The van der Waals surface area contributed by atoms with Gasteiger partial charge in [0.2, 0.25) is 21.1 Å². The topological polar surface area (TPSA) is 117 Å². The fraction of sp³-hybridized carbons (Fsp3) is 0.350. The van der Waals surface area contributed by atoms with Crippen LogP contribution in [-0.2, 0) is 19.4 Å². The normalized spacial score (nSPS) is 15.4. The summed E-state index contributed by atoms with van der Waals surface area (Å²) < 4.78 is 31.5. The third-order valence-electron chi connectivity index (χ3n) is 4.93. The van der Waals surface area contributed by atoms with Crippen molar-refractivity contribution in [3.8, 4) is 0 Å². The molecule has 2 heterocycles. The van der Waals surface area contributed by atoms with Crippen LogP contribution < -0.4 is 5.32 Å². The first-order chi connectivity index (χ1) is 14.7. The van der Waals surface area contributed by atoms with Gasteiger partial charge in [-0.25, -0.2) is 8.42 Å². The van der Waals surface area contributed by atoms with E-state index in [1.165, 1.54) is 47.6 Å². The Morgan fingerprint density at radius 2 is 1.68 bits per heavy atom. The van der Waals surface area contributed by atoms with E-state index in [4.69, 9.17) is 16.0 Å². The number of piperazine rings is 1. The minimum atomic E-state index is -4.29. The minimum Gasteiger partial charge on any atom is -0.459 e. The van der Waals surface area contributed by atoms with Crippen LogP contribution in [0.4, 0.5) is 0 Å². The smallest absolute Gasteiger partial charge is 0.288 e. The zero-order valence-corrected chi connectivity index (χ0v) is 18.4. The van der Waals surface area contributed by atoms with Gasteiger partial charge in [0, 0.05) is 37.6 Å². The van der Waals surface area contributed by atoms with Crippen molar-refractivity contribution < 1.29 is 27.2 Å². The average molecular weight is 468 g/mol. The van der Waals surface area contributed by atoms with Gasteiger partial charge in [-0.3, -0.25) is 14.4 Å². The maximum atomic E-state index is 13.3. The Hall–Kier alpha value is -2.85. The molecule has 9 nitrogen and oxygen atoms in total. The zero-order valence-electron chi connectivity index (χ0n) is 16.8. The van der Waals surface area contributed by atoms with Crippen LogP contribution in [-0.4, -0.2) is 67.5 Å². The average Bonchev–Trinajstić information content (AvgIpc) is 3.32. The van der Waals surface area contributed by atoms with E-state index in [0.717, 1.165) is 0 Å². The molecule has 0 radical (unpaired) electrons. The van der Waals surface area contributed by atoms with Gasteiger partial charge in [-0.2, -0.15) is 0 Å². The number of benzene rings is 1. The Balaban J connectivity index is 1.86. The van der Waals surface area contributed by atoms with Gasteiger partial charge in [0.25, 0.3) is 11.8 Å². The third-order valence-corrected chi connectivity index (χ3v) is 7.05. The lowest BCUT2D eigenvalue weighted by Crippen LogP contribution is -2.57. The van der Waals surface area contributed by atoms with Crippen LogP contribution in [0, 0.1) is 0 Å². The number of sulfone groups is 1. The predicted molar refractivity (Wildman–Crippen MR) is 112 cm³/mol. The molecule has 0 saturated carbocycles. The summed E-state index contributed by atoms with van der Waals surface area (Å²) >= 11 is 5.84. The lowest BCUT2D eigenvalue weighted by molar-refractivity contribution is -0.139. The van der Waals surface area contributed by atoms with Gasteiger partial charge >= 0.3 is 0 Å². The summed E-state index contributed by atoms with van der Waals surface area (Å²) in [6.07, 6.45) is 1.62. The molecule has 0 aliphatic carbocycles. The number of amides is 3. The van der Waals surface area contributed by atoms with Crippen molar-refractivity contribution in [2.45, 2.75) is 23.6 Å². The molecule has 1 aromatic carbocycles. The summed E-state index contributed by atoms with van der Waals surface area (Å²) in [7, 11) is -4.29. The van der Waals surface area contributed by atoms with Crippen molar-refractivity contribution >= 4 is 39.2 Å². The van der Waals surface area contributed by atoms with Gasteiger partial charge in [-0.15, -0.1) is 0 Å². The number of carbonyl (C=O) groups is 3. The van der Waals surface area contributed by atoms with Crippen molar-refractivity contribution in [2.24, 2.45) is 0 Å². The summed E-state index contributed by atoms with van der Waals surface area (Å²) in [5.41, 5.74) is 0. The Bertz CT molecular complexity index is 1050. The first kappa shape index (κ1) is 22.8. The summed E-state index contributed by atoms with van der Waals surface area (Å²) in [6, 6.07) is 8.16. The second-order valence-electron chi connectivity index (χ2n) is 6.89. The van der Waals surface area contributed by atoms with Crippen molar-refractivity contribution in [2.75, 3.05) is 26.2 Å². The van der Waals surface area contributed by atoms with Gasteiger partial charge in [0.1, 0.15) is 0 Å². The van der Waals surface area contributed by atoms with Gasteiger partial charge < -0.3 is 19.5 Å². The molecule has 1 saturated heterocycles. The monoisotopic (exact) mass is 467 g/mol. The summed E-state index contributed by atoms with van der Waals surface area (Å²) in [5, 5.41) is 0.760. The fourth-order valence-electron chi connectivity index (χ4n) is 3.20. The Morgan fingerprint density at radius 3 is 2.23 bits per heavy atom. The van der Waals surface area contributed by atoms with Crippen LogP contribution in [0.5, 0.6) is 0 Å². The van der Waals surface area contributed by atoms with Crippen LogP contribution in [0.15, 0.2) is 52.0 Å². The van der Waals surface area contributed by atoms with Gasteiger partial charge in [0.05, 0.1) is 11.2 Å². The highest BCUT2D eigenvalue weighted by atomic mass is 35.5. The fourth-order valence-corrected chi connectivity index (χ4v) is 4.79. The zero-order chi connectivity index (χ0) is 22.6. The third kappa shape index (κ3) is 5.08. The van der Waals surface area contributed by atoms with E-state index in [9.17, 15) is 22.8 Å². The molecule has 1 fully saturated rings. The second kappa shape index (κ2) is 9.52. The van der Waals surface area contributed by atoms with E-state index >= 15 is 0 Å². The highest BCUT2D eigenvalue weighted by molar-refractivity contribution is 7.92. The standard InChI is InChI=1S/C20H22ClN3O6S/c1-2-17(25)23-9-11-24(12-10-23)20(27)19(22-18(26)16-4-3-13-30-16)31(28,29)15-7-5-14(21)6-8-15/h3-8,13,19H,2,9-12H2,1H3,(H,22,26)/t19-/m1/s1. The number of carbonyl (C=O) groups excluding carboxylic acids is 3. The predicted octanol–water partition coefficient (Wildman–Crippen LogP) is 1.54. The van der Waals surface area contributed by atoms with Crippen molar-refractivity contribution in [1.82, 2.24) is 15.1 Å². The molecular weight excluding hydrogens is 446 g/mol. The molecule has 1 aliphatic heterocycles. The van der Waals surface area contributed by atoms with E-state index in [1.807, 2.05) is 0 Å². The lowest BCUT2D eigenvalue weighted by Gasteiger charge is -2.36. The Kier molecular flexibility index (Phi) is 7.01. The van der Waals surface area contributed by atoms with Crippen molar-refractivity contribution in [3.63, 3.8) is 0 Å². The molecule has 0 spiro atoms. The lowest BCUT2D eigenvalue weighted by atomic mass is 10.2. The van der Waals surface area contributed by atoms with E-state index in [0.29, 0.717) is 11.4 Å². The molecule has 1 aliphatic rings. The molecule has 1 aromatic heterocycles. The maximum absolute atomic E-state index is 13.3. The largest absolute Gasteiger partial charge is 0.459 e. The van der Waals surface area contributed by atoms with Crippen LogP contribution in [0.2, 0.25) is 5.02 Å². The summed E-state index contributed by atoms with van der Waals surface area (Å²) in [5.74, 6) is -1.77. The van der Waals surface area contributed by atoms with Gasteiger partial charge in [-0.05, 0) is 36.4 Å². The number of nitrogens with zero attached hydrogens (tertiary/aromatic N) is 2. The van der Waals surface area contributed by atoms with E-state index in [-0.39, 0.29) is 42.7 Å². The molecular formula is C20H22ClN3O6S. The molecule has 1 N–H and O–H groups in total. The van der Waals surface area contributed by atoms with Crippen LogP contribution in [0.1, 0.15) is 23.9 Å². The maximum Gasteiger partial charge on any atom is 0.288 e. The van der Waals surface area contributed by atoms with Crippen molar-refractivity contribution in [3.05, 3.63) is 53.4 Å². The van der Waals surface area contributed by atoms with Crippen molar-refractivity contribution in [1.29, 1.82) is 0 Å². The van der Waals surface area contributed by atoms with E-state index in [2.05, 4.69) is 5.32 Å². The number of hydrogen-bond donors (Lipinski definition) is 1. The highest BCUT2D eigenvalue weighted by Gasteiger charge is 2.39. The number of rotatable bonds is 6. The van der Waals surface area contributed by atoms with E-state index < -0.39 is 27.0 Å². The minimum absolute atomic E-state index is 0.0384. The molecule has 3 amide bonds. The van der Waals surface area contributed by atoms with Crippen LogP contribution >= 0.6 is 11.6 Å². The molecule has 31 heavy (non-hydrogen) atoms. The SMILES string of the molecule is CCC(=O)N1CCN(C(=O)[C@H](NC(=O)c2ccco2)S(=O)(=O)c2ccc(Cl)cc2)CC1. The molecule has 166 valence electrons. The number of furan rings is 1. The Labute approximate surface area is 184 Å². The molecule has 1 atom stereocenters. The van der Waals surface area contributed by atoms with Gasteiger partial charge in [0.15, 0.2) is 5.76 Å². The number of nitrogens with one attached hydrogen (secondary N) is 1. The first-order valence-electron chi connectivity index (χ1n) is 9.64. The molecule has 0 unspecified atom stereocenters. The second-order valence-corrected chi connectivity index (χ2v) is 9.36. The molecule has 11 heteroatoms. The van der Waals surface area contributed by atoms with E-state index in [1.54, 1.807) is 11.8 Å². The number of halogens is 1. The summed E-state index contributed by atoms with van der Waals surface area (Å²) in [4.78, 5) is 40.4. The number of hydrogen-bond acceptors (Lipinski definition) is 6. The summed E-state index contributed by atoms with van der Waals surface area (Å²) in [6.45, 7) is 2.65. The van der Waals surface area contributed by atoms with Gasteiger partial charge in [-0.1, -0.05) is 18.5 Å². The molecule has 3 rings (SSSR count). The Morgan fingerprint density at radius 1 is 1.06 bits per heavy atom. The quantitative estimate of drug-likeness (QED) is 0.688.